The van der Waals surface area contributed by atoms with Crippen LogP contribution in [0.2, 0.25) is 10.0 Å². The number of amides is 1. The largest absolute Gasteiger partial charge is 0.452 e. The molecule has 122 valence electrons. The molecule has 8 heteroatoms. The Bertz CT molecular complexity index is 903. The fraction of sp³-hybridized carbons (Fsp3) is 0.0625. The van der Waals surface area contributed by atoms with Gasteiger partial charge >= 0.3 is 5.97 Å². The maximum Gasteiger partial charge on any atom is 0.340 e. The number of ether oxygens (including phenoxy) is 1. The molecule has 0 aliphatic carbocycles. The summed E-state index contributed by atoms with van der Waals surface area (Å²) in [5.74, 6) is -1.19. The third kappa shape index (κ3) is 3.67. The van der Waals surface area contributed by atoms with E-state index in [-0.39, 0.29) is 5.56 Å². The molecular weight excluding hydrogens is 355 g/mol. The zero-order valence-electron chi connectivity index (χ0n) is 12.1. The Morgan fingerprint density at radius 3 is 2.67 bits per heavy atom. The number of esters is 1. The van der Waals surface area contributed by atoms with Crippen LogP contribution in [0.5, 0.6) is 0 Å². The van der Waals surface area contributed by atoms with E-state index in [1.54, 1.807) is 18.2 Å². The summed E-state index contributed by atoms with van der Waals surface area (Å²) >= 11 is 11.7. The van der Waals surface area contributed by atoms with Gasteiger partial charge in [-0.05, 0) is 30.3 Å². The number of hydrogen-bond acceptors (Lipinski definition) is 5. The van der Waals surface area contributed by atoms with Gasteiger partial charge in [-0.1, -0.05) is 29.3 Å². The van der Waals surface area contributed by atoms with Crippen molar-refractivity contribution >= 4 is 51.9 Å². The van der Waals surface area contributed by atoms with Gasteiger partial charge in [0.05, 0.1) is 5.56 Å². The molecule has 6 nitrogen and oxygen atoms in total. The lowest BCUT2D eigenvalue weighted by atomic mass is 10.2. The van der Waals surface area contributed by atoms with Gasteiger partial charge in [0, 0.05) is 15.7 Å². The van der Waals surface area contributed by atoms with E-state index >= 15 is 0 Å². The number of nitrogens with one attached hydrogen (secondary N) is 1. The first-order chi connectivity index (χ1) is 11.5. The molecule has 1 amide bonds. The van der Waals surface area contributed by atoms with Crippen LogP contribution in [0, 0.1) is 0 Å². The van der Waals surface area contributed by atoms with Gasteiger partial charge in [-0.3, -0.25) is 4.79 Å². The highest BCUT2D eigenvalue weighted by atomic mass is 35.5. The van der Waals surface area contributed by atoms with E-state index in [1.807, 2.05) is 0 Å². The number of fused-ring (bicyclic) bond motifs is 1. The first-order valence-corrected chi connectivity index (χ1v) is 7.54. The third-order valence-electron chi connectivity index (χ3n) is 3.06. The van der Waals surface area contributed by atoms with Crippen molar-refractivity contribution in [1.82, 2.24) is 4.98 Å². The van der Waals surface area contributed by atoms with Crippen LogP contribution in [0.15, 0.2) is 47.2 Å². The molecule has 1 heterocycles. The fourth-order valence-electron chi connectivity index (χ4n) is 2.08. The highest BCUT2D eigenvalue weighted by molar-refractivity contribution is 6.35. The minimum Gasteiger partial charge on any atom is -0.452 e. The SMILES string of the molecule is O=C(COC(=O)c1cccc2ocnc12)Nc1cc(Cl)cc(Cl)c1. The van der Waals surface area contributed by atoms with Crippen LogP contribution in [-0.4, -0.2) is 23.5 Å². The minimum absolute atomic E-state index is 0.222. The zero-order chi connectivity index (χ0) is 17.1. The summed E-state index contributed by atoms with van der Waals surface area (Å²) in [6, 6.07) is 9.46. The Morgan fingerprint density at radius 1 is 1.17 bits per heavy atom. The van der Waals surface area contributed by atoms with Crippen molar-refractivity contribution in [2.75, 3.05) is 11.9 Å². The number of anilines is 1. The van der Waals surface area contributed by atoms with Crippen molar-refractivity contribution in [3.8, 4) is 0 Å². The molecule has 0 bridgehead atoms. The molecular formula is C16H10Cl2N2O4. The highest BCUT2D eigenvalue weighted by Crippen LogP contribution is 2.22. The fourth-order valence-corrected chi connectivity index (χ4v) is 2.61. The summed E-state index contributed by atoms with van der Waals surface area (Å²) in [6.07, 6.45) is 1.23. The van der Waals surface area contributed by atoms with E-state index in [4.69, 9.17) is 32.4 Å². The van der Waals surface area contributed by atoms with Crippen molar-refractivity contribution in [2.45, 2.75) is 0 Å². The second kappa shape index (κ2) is 6.90. The molecule has 3 aromatic rings. The predicted molar refractivity (Wildman–Crippen MR) is 89.4 cm³/mol. The number of nitrogens with zero attached hydrogens (tertiary/aromatic N) is 1. The molecule has 0 fully saturated rings. The number of halogens is 2. The van der Waals surface area contributed by atoms with E-state index in [0.29, 0.717) is 26.8 Å². The third-order valence-corrected chi connectivity index (χ3v) is 3.50. The summed E-state index contributed by atoms with van der Waals surface area (Å²) in [6.45, 7) is -0.461. The topological polar surface area (TPSA) is 81.4 Å². The van der Waals surface area contributed by atoms with Gasteiger partial charge in [-0.15, -0.1) is 0 Å². The summed E-state index contributed by atoms with van der Waals surface area (Å²) in [5.41, 5.74) is 1.47. The van der Waals surface area contributed by atoms with Crippen molar-refractivity contribution < 1.29 is 18.7 Å². The average Bonchev–Trinajstić information content (AvgIpc) is 3.00. The Kier molecular flexibility index (Phi) is 4.69. The Balaban J connectivity index is 1.63. The first kappa shape index (κ1) is 16.3. The summed E-state index contributed by atoms with van der Waals surface area (Å²) in [4.78, 5) is 27.9. The molecule has 0 spiro atoms. The molecule has 0 aliphatic rings. The molecule has 0 saturated heterocycles. The molecule has 0 saturated carbocycles. The van der Waals surface area contributed by atoms with Gasteiger partial charge in [0.15, 0.2) is 18.6 Å². The zero-order valence-corrected chi connectivity index (χ0v) is 13.6. The highest BCUT2D eigenvalue weighted by Gasteiger charge is 2.15. The Morgan fingerprint density at radius 2 is 1.92 bits per heavy atom. The van der Waals surface area contributed by atoms with Crippen molar-refractivity contribution in [3.05, 3.63) is 58.4 Å². The smallest absolute Gasteiger partial charge is 0.340 e. The number of carbonyl (C=O) groups is 2. The van der Waals surface area contributed by atoms with Crippen LogP contribution in [0.4, 0.5) is 5.69 Å². The van der Waals surface area contributed by atoms with Gasteiger partial charge in [0.25, 0.3) is 5.91 Å². The van der Waals surface area contributed by atoms with Crippen LogP contribution in [-0.2, 0) is 9.53 Å². The second-order valence-corrected chi connectivity index (χ2v) is 5.66. The van der Waals surface area contributed by atoms with Crippen LogP contribution >= 0.6 is 23.2 Å². The van der Waals surface area contributed by atoms with E-state index in [9.17, 15) is 9.59 Å². The molecule has 3 rings (SSSR count). The maximum atomic E-state index is 12.1. The van der Waals surface area contributed by atoms with Gasteiger partial charge in [0.2, 0.25) is 0 Å². The summed E-state index contributed by atoms with van der Waals surface area (Å²) in [7, 11) is 0. The molecule has 0 radical (unpaired) electrons. The number of aromatic nitrogens is 1. The number of hydrogen-bond donors (Lipinski definition) is 1. The number of carbonyl (C=O) groups excluding carboxylic acids is 2. The van der Waals surface area contributed by atoms with Crippen molar-refractivity contribution in [1.29, 1.82) is 0 Å². The molecule has 1 N–H and O–H groups in total. The summed E-state index contributed by atoms with van der Waals surface area (Å²) in [5, 5.41) is 3.31. The molecule has 0 atom stereocenters. The van der Waals surface area contributed by atoms with Gasteiger partial charge in [-0.2, -0.15) is 0 Å². The monoisotopic (exact) mass is 364 g/mol. The number of benzene rings is 2. The van der Waals surface area contributed by atoms with Crippen molar-refractivity contribution in [3.63, 3.8) is 0 Å². The average molecular weight is 365 g/mol. The lowest BCUT2D eigenvalue weighted by Gasteiger charge is -2.07. The normalized spacial score (nSPS) is 10.6. The Labute approximate surface area is 146 Å². The molecule has 2 aromatic carbocycles. The summed E-state index contributed by atoms with van der Waals surface area (Å²) < 4.78 is 10.1. The van der Waals surface area contributed by atoms with E-state index < -0.39 is 18.5 Å². The van der Waals surface area contributed by atoms with E-state index in [2.05, 4.69) is 10.3 Å². The van der Waals surface area contributed by atoms with Crippen molar-refractivity contribution in [2.24, 2.45) is 0 Å². The number of rotatable bonds is 4. The lowest BCUT2D eigenvalue weighted by molar-refractivity contribution is -0.119. The first-order valence-electron chi connectivity index (χ1n) is 6.78. The van der Waals surface area contributed by atoms with E-state index in [0.717, 1.165) is 0 Å². The molecule has 1 aromatic heterocycles. The Hall–Kier alpha value is -2.57. The second-order valence-electron chi connectivity index (χ2n) is 4.79. The minimum atomic E-state index is -0.672. The van der Waals surface area contributed by atoms with Crippen LogP contribution in [0.3, 0.4) is 0 Å². The molecule has 0 aliphatic heterocycles. The quantitative estimate of drug-likeness (QED) is 0.709. The van der Waals surface area contributed by atoms with Gasteiger partial charge in [0.1, 0.15) is 5.52 Å². The number of para-hydroxylation sites is 1. The van der Waals surface area contributed by atoms with Gasteiger partial charge in [-0.25, -0.2) is 9.78 Å². The van der Waals surface area contributed by atoms with Crippen LogP contribution < -0.4 is 5.32 Å². The van der Waals surface area contributed by atoms with E-state index in [1.165, 1.54) is 24.6 Å². The lowest BCUT2D eigenvalue weighted by Crippen LogP contribution is -2.21. The van der Waals surface area contributed by atoms with Gasteiger partial charge < -0.3 is 14.5 Å². The molecule has 0 unspecified atom stereocenters. The maximum absolute atomic E-state index is 12.1. The van der Waals surface area contributed by atoms with Crippen LogP contribution in [0.1, 0.15) is 10.4 Å². The predicted octanol–water partition coefficient (Wildman–Crippen LogP) is 3.93. The van der Waals surface area contributed by atoms with Crippen LogP contribution in [0.25, 0.3) is 11.1 Å². The molecule has 24 heavy (non-hydrogen) atoms. The number of oxazole rings is 1. The standard InChI is InChI=1S/C16H10Cl2N2O4/c17-9-4-10(18)6-11(5-9)20-14(21)7-23-16(22)12-2-1-3-13-15(12)19-8-24-13/h1-6,8H,7H2,(H,20,21).